The maximum absolute atomic E-state index is 13.3. The Morgan fingerprint density at radius 2 is 1.76 bits per heavy atom. The lowest BCUT2D eigenvalue weighted by Crippen LogP contribution is -2.32. The summed E-state index contributed by atoms with van der Waals surface area (Å²) in [5.74, 6) is 1.94. The van der Waals surface area contributed by atoms with Crippen molar-refractivity contribution in [2.75, 3.05) is 20.0 Å². The summed E-state index contributed by atoms with van der Waals surface area (Å²) in [7, 11) is 3.05. The van der Waals surface area contributed by atoms with Crippen LogP contribution < -0.4 is 25.1 Å². The van der Waals surface area contributed by atoms with Crippen LogP contribution in [0.1, 0.15) is 44.3 Å². The highest BCUT2D eigenvalue weighted by Crippen LogP contribution is 2.38. The highest BCUT2D eigenvalue weighted by Gasteiger charge is 2.26. The van der Waals surface area contributed by atoms with E-state index in [1.165, 1.54) is 14.2 Å². The first-order chi connectivity index (χ1) is 16.0. The van der Waals surface area contributed by atoms with Gasteiger partial charge >= 0.3 is 6.09 Å². The van der Waals surface area contributed by atoms with Crippen molar-refractivity contribution in [3.05, 3.63) is 58.5 Å². The minimum absolute atomic E-state index is 0.0153. The molecule has 174 valence electrons. The molecule has 2 aromatic carbocycles. The lowest BCUT2D eigenvalue weighted by Gasteiger charge is -2.20. The number of carbonyl (C=O) groups is 1. The Bertz CT molecular complexity index is 1240. The van der Waals surface area contributed by atoms with Crippen LogP contribution in [0.2, 0.25) is 0 Å². The largest absolute Gasteiger partial charge is 0.493 e. The van der Waals surface area contributed by atoms with Crippen LogP contribution in [0.3, 0.4) is 0 Å². The molecular formula is C25H28N2O5S. The van der Waals surface area contributed by atoms with Gasteiger partial charge in [-0.15, -0.1) is 11.8 Å². The second-order valence-electron chi connectivity index (χ2n) is 7.86. The molecule has 1 N–H and O–H groups in total. The summed E-state index contributed by atoms with van der Waals surface area (Å²) < 4.78 is 18.3. The van der Waals surface area contributed by atoms with Crippen molar-refractivity contribution < 1.29 is 19.0 Å². The number of aromatic nitrogens is 1. The number of pyridine rings is 1. The topological polar surface area (TPSA) is 78.8 Å². The number of hydrogen-bond acceptors (Lipinski definition) is 6. The van der Waals surface area contributed by atoms with Crippen molar-refractivity contribution in [3.8, 4) is 17.2 Å². The van der Waals surface area contributed by atoms with Crippen LogP contribution in [-0.4, -0.2) is 30.6 Å². The molecular weight excluding hydrogens is 440 g/mol. The van der Waals surface area contributed by atoms with Gasteiger partial charge in [0.25, 0.3) is 5.56 Å². The molecule has 0 radical (unpaired) electrons. The summed E-state index contributed by atoms with van der Waals surface area (Å²) in [6.45, 7) is 4.06. The van der Waals surface area contributed by atoms with E-state index in [1.54, 1.807) is 34.7 Å². The van der Waals surface area contributed by atoms with Gasteiger partial charge in [-0.3, -0.25) is 4.79 Å². The van der Waals surface area contributed by atoms with Gasteiger partial charge in [-0.25, -0.2) is 4.79 Å². The summed E-state index contributed by atoms with van der Waals surface area (Å²) in [5, 5.41) is 3.87. The van der Waals surface area contributed by atoms with Crippen molar-refractivity contribution in [1.29, 1.82) is 0 Å². The quantitative estimate of drug-likeness (QED) is 0.506. The monoisotopic (exact) mass is 468 g/mol. The fraction of sp³-hybridized carbons (Fsp3) is 0.360. The molecule has 1 aliphatic rings. The Morgan fingerprint density at radius 3 is 2.42 bits per heavy atom. The van der Waals surface area contributed by atoms with Crippen LogP contribution in [0.25, 0.3) is 10.8 Å². The van der Waals surface area contributed by atoms with E-state index < -0.39 is 6.09 Å². The fourth-order valence-corrected chi connectivity index (χ4v) is 5.40. The average molecular weight is 469 g/mol. The number of methoxy groups -OCH3 is 2. The van der Waals surface area contributed by atoms with E-state index in [4.69, 9.17) is 14.2 Å². The third-order valence-electron chi connectivity index (χ3n) is 6.04. The van der Waals surface area contributed by atoms with E-state index in [2.05, 4.69) is 5.32 Å². The highest BCUT2D eigenvalue weighted by atomic mass is 32.2. The number of thioether (sulfide) groups is 1. The van der Waals surface area contributed by atoms with Gasteiger partial charge in [0.05, 0.1) is 31.8 Å². The molecule has 33 heavy (non-hydrogen) atoms. The van der Waals surface area contributed by atoms with Gasteiger partial charge in [0, 0.05) is 22.1 Å². The molecule has 3 aromatic rings. The third-order valence-corrected chi connectivity index (χ3v) is 7.22. The van der Waals surface area contributed by atoms with E-state index in [0.29, 0.717) is 28.0 Å². The van der Waals surface area contributed by atoms with Gasteiger partial charge in [-0.1, -0.05) is 32.0 Å². The van der Waals surface area contributed by atoms with E-state index in [0.717, 1.165) is 29.1 Å². The molecule has 1 amide bonds. The van der Waals surface area contributed by atoms with Crippen LogP contribution in [0.15, 0.2) is 52.3 Å². The molecule has 1 aromatic heterocycles. The second-order valence-corrected chi connectivity index (χ2v) is 8.93. The molecule has 1 aliphatic heterocycles. The number of ether oxygens (including phenoxy) is 3. The third kappa shape index (κ3) is 4.39. The first-order valence-electron chi connectivity index (χ1n) is 11.0. The molecule has 4 rings (SSSR count). The van der Waals surface area contributed by atoms with Crippen molar-refractivity contribution in [2.45, 2.75) is 43.7 Å². The van der Waals surface area contributed by atoms with Crippen LogP contribution >= 0.6 is 11.8 Å². The molecule has 7 nitrogen and oxygen atoms in total. The van der Waals surface area contributed by atoms with Crippen molar-refractivity contribution in [2.24, 2.45) is 0 Å². The molecule has 1 atom stereocenters. The van der Waals surface area contributed by atoms with Crippen LogP contribution in [0, 0.1) is 0 Å². The van der Waals surface area contributed by atoms with Crippen LogP contribution in [0.5, 0.6) is 17.2 Å². The van der Waals surface area contributed by atoms with E-state index in [-0.39, 0.29) is 17.6 Å². The zero-order valence-corrected chi connectivity index (χ0v) is 20.0. The van der Waals surface area contributed by atoms with Crippen LogP contribution in [0.4, 0.5) is 4.79 Å². The number of rotatable bonds is 7. The van der Waals surface area contributed by atoms with Gasteiger partial charge < -0.3 is 24.1 Å². The number of amides is 1. The minimum atomic E-state index is -0.567. The Hall–Kier alpha value is -3.13. The maximum Gasteiger partial charge on any atom is 0.413 e. The number of benzene rings is 2. The van der Waals surface area contributed by atoms with E-state index in [1.807, 2.05) is 38.1 Å². The first kappa shape index (κ1) is 23.0. The highest BCUT2D eigenvalue weighted by molar-refractivity contribution is 7.99. The fourth-order valence-electron chi connectivity index (χ4n) is 4.24. The zero-order valence-electron chi connectivity index (χ0n) is 19.2. The molecule has 0 aliphatic carbocycles. The molecule has 0 saturated carbocycles. The lowest BCUT2D eigenvalue weighted by atomic mass is 10.1. The molecule has 0 bridgehead atoms. The minimum Gasteiger partial charge on any atom is -0.493 e. The second kappa shape index (κ2) is 9.79. The van der Waals surface area contributed by atoms with Gasteiger partial charge in [-0.05, 0) is 36.6 Å². The molecule has 8 heteroatoms. The number of nitrogens with one attached hydrogen (secondary N) is 1. The Labute approximate surface area is 197 Å². The molecule has 2 heterocycles. The van der Waals surface area contributed by atoms with Gasteiger partial charge in [0.15, 0.2) is 17.2 Å². The molecule has 0 saturated heterocycles. The maximum atomic E-state index is 13.3. The summed E-state index contributed by atoms with van der Waals surface area (Å²) in [5.41, 5.74) is 0.922. The number of carbonyl (C=O) groups excluding carboxylic acids is 1. The number of hydrogen-bond donors (Lipinski definition) is 1. The predicted molar refractivity (Wildman–Crippen MR) is 130 cm³/mol. The lowest BCUT2D eigenvalue weighted by molar-refractivity contribution is 0.197. The molecule has 0 fully saturated rings. The predicted octanol–water partition coefficient (Wildman–Crippen LogP) is 5.32. The molecule has 0 spiro atoms. The first-order valence-corrected chi connectivity index (χ1v) is 12.0. The Morgan fingerprint density at radius 1 is 1.09 bits per heavy atom. The van der Waals surface area contributed by atoms with Gasteiger partial charge in [0.2, 0.25) is 0 Å². The smallest absolute Gasteiger partial charge is 0.413 e. The average Bonchev–Trinajstić information content (AvgIpc) is 3.24. The Balaban J connectivity index is 1.74. The number of fused-ring (bicyclic) bond motifs is 2. The van der Waals surface area contributed by atoms with Crippen molar-refractivity contribution in [1.82, 2.24) is 9.88 Å². The summed E-state index contributed by atoms with van der Waals surface area (Å²) in [4.78, 5) is 27.4. The van der Waals surface area contributed by atoms with Crippen molar-refractivity contribution in [3.63, 3.8) is 0 Å². The van der Waals surface area contributed by atoms with Crippen LogP contribution in [-0.2, 0) is 0 Å². The Kier molecular flexibility index (Phi) is 6.83. The normalized spacial score (nSPS) is 14.9. The summed E-state index contributed by atoms with van der Waals surface area (Å²) in [6, 6.07) is 11.2. The summed E-state index contributed by atoms with van der Waals surface area (Å²) >= 11 is 1.70. The number of nitrogens with zero attached hydrogens (tertiary/aromatic N) is 1. The zero-order chi connectivity index (χ0) is 23.5. The van der Waals surface area contributed by atoms with Gasteiger partial charge in [0.1, 0.15) is 0 Å². The molecule has 1 unspecified atom stereocenters. The SMILES string of the molecule is CCC(CC)n1cc(OC(=O)NC2CSc3ccccc32)c2cc(OC)c(OC)cc2c1=O. The standard InChI is InChI=1S/C25H28N2O5S/c1-5-15(6-2)27-13-22(17-11-20(30-3)21(31-4)12-18(17)24(27)28)32-25(29)26-19-14-33-23-10-8-7-9-16(19)23/h7-13,15,19H,5-6,14H2,1-4H3,(H,26,29). The summed E-state index contributed by atoms with van der Waals surface area (Å²) in [6.07, 6.45) is 2.61. The van der Waals surface area contributed by atoms with E-state index >= 15 is 0 Å². The van der Waals surface area contributed by atoms with E-state index in [9.17, 15) is 9.59 Å². The van der Waals surface area contributed by atoms with Gasteiger partial charge in [-0.2, -0.15) is 0 Å². The van der Waals surface area contributed by atoms with Crippen molar-refractivity contribution >= 4 is 28.6 Å².